The lowest BCUT2D eigenvalue weighted by Gasteiger charge is -2.39. The van der Waals surface area contributed by atoms with E-state index in [2.05, 4.69) is 281 Å². The second-order valence-corrected chi connectivity index (χ2v) is 19.8. The van der Waals surface area contributed by atoms with Crippen LogP contribution in [0.1, 0.15) is 71.3 Å². The predicted molar refractivity (Wildman–Crippen MR) is 325 cm³/mol. The van der Waals surface area contributed by atoms with Crippen LogP contribution in [0, 0.1) is 27.7 Å². The van der Waals surface area contributed by atoms with Gasteiger partial charge in [0.1, 0.15) is 0 Å². The minimum atomic E-state index is -0.546. The Kier molecular flexibility index (Phi) is 16.6. The van der Waals surface area contributed by atoms with Crippen LogP contribution in [0.3, 0.4) is 0 Å². The van der Waals surface area contributed by atoms with E-state index in [1.54, 1.807) is 0 Å². The molecule has 2 atom stereocenters. The highest BCUT2D eigenvalue weighted by Crippen LogP contribution is 2.59. The van der Waals surface area contributed by atoms with Crippen LogP contribution in [0.25, 0.3) is 17.3 Å². The van der Waals surface area contributed by atoms with Crippen molar-refractivity contribution in [1.82, 2.24) is 15.1 Å². The molecule has 378 valence electrons. The summed E-state index contributed by atoms with van der Waals surface area (Å²) in [5, 5.41) is 3.86. The van der Waals surface area contributed by atoms with Crippen LogP contribution < -0.4 is 10.2 Å². The van der Waals surface area contributed by atoms with Crippen molar-refractivity contribution >= 4 is 34.4 Å². The summed E-state index contributed by atoms with van der Waals surface area (Å²) in [5.74, 6) is 0. The summed E-state index contributed by atoms with van der Waals surface area (Å²) in [6, 6.07) is 40.6. The molecular formula is C71H74N4. The van der Waals surface area contributed by atoms with Crippen LogP contribution >= 0.6 is 0 Å². The molecule has 0 aromatic heterocycles. The molecule has 2 heterocycles. The van der Waals surface area contributed by atoms with Gasteiger partial charge in [-0.05, 0) is 173 Å². The number of aryl methyl sites for hydroxylation is 4. The molecule has 5 aromatic carbocycles. The van der Waals surface area contributed by atoms with Crippen molar-refractivity contribution in [2.24, 2.45) is 0 Å². The number of hydrogen-bond acceptors (Lipinski definition) is 4. The van der Waals surface area contributed by atoms with Gasteiger partial charge in [0, 0.05) is 68.2 Å². The second kappa shape index (κ2) is 23.4. The Morgan fingerprint density at radius 3 is 2.13 bits per heavy atom. The summed E-state index contributed by atoms with van der Waals surface area (Å²) in [6.07, 6.45) is 40.6. The van der Waals surface area contributed by atoms with Crippen LogP contribution in [0.5, 0.6) is 0 Å². The lowest BCUT2D eigenvalue weighted by atomic mass is 9.63. The lowest BCUT2D eigenvalue weighted by molar-refractivity contribution is 0.470. The van der Waals surface area contributed by atoms with Crippen molar-refractivity contribution < 1.29 is 0 Å². The number of benzene rings is 5. The normalized spacial score (nSPS) is 18.7. The molecule has 1 N–H and O–H groups in total. The molecule has 0 bridgehead atoms. The zero-order valence-corrected chi connectivity index (χ0v) is 43.2. The molecule has 11 rings (SSSR count). The number of nitrogens with zero attached hydrogens (tertiary/aromatic N) is 3. The highest BCUT2D eigenvalue weighted by Gasteiger charge is 2.50. The minimum Gasteiger partial charge on any atom is -0.370 e. The fourth-order valence-corrected chi connectivity index (χ4v) is 11.1. The van der Waals surface area contributed by atoms with Gasteiger partial charge < -0.3 is 20.0 Å². The monoisotopic (exact) mass is 983 g/mol. The smallest absolute Gasteiger partial charge is 0.0727 e. The van der Waals surface area contributed by atoms with Crippen LogP contribution in [0.4, 0.5) is 17.1 Å². The molecule has 2 unspecified atom stereocenters. The molecular weight excluding hydrogens is 909 g/mol. The molecule has 6 aliphatic rings. The Morgan fingerprint density at radius 2 is 1.40 bits per heavy atom. The van der Waals surface area contributed by atoms with Crippen LogP contribution in [0.15, 0.2) is 253 Å². The van der Waals surface area contributed by atoms with Crippen LogP contribution in [-0.4, -0.2) is 49.6 Å². The fourth-order valence-electron chi connectivity index (χ4n) is 11.1. The van der Waals surface area contributed by atoms with Gasteiger partial charge in [0.2, 0.25) is 0 Å². The summed E-state index contributed by atoms with van der Waals surface area (Å²) in [4.78, 5) is 6.98. The average Bonchev–Trinajstić information content (AvgIpc) is 3.62. The molecule has 5 aromatic rings. The highest BCUT2D eigenvalue weighted by atomic mass is 15.1. The Balaban J connectivity index is 0.000000685. The van der Waals surface area contributed by atoms with Crippen molar-refractivity contribution in [2.75, 3.05) is 38.6 Å². The zero-order chi connectivity index (χ0) is 50.5. The molecule has 0 amide bonds. The molecule has 4 aliphatic carbocycles. The van der Waals surface area contributed by atoms with E-state index in [1.165, 1.54) is 83.8 Å². The maximum Gasteiger partial charge on any atom is 0.0727 e. The summed E-state index contributed by atoms with van der Waals surface area (Å²) in [6.45, 7) is 15.2. The molecule has 0 saturated carbocycles. The number of anilines is 3. The summed E-state index contributed by atoms with van der Waals surface area (Å²) >= 11 is 0. The van der Waals surface area contributed by atoms with E-state index < -0.39 is 5.41 Å². The van der Waals surface area contributed by atoms with Gasteiger partial charge in [-0.3, -0.25) is 0 Å². The van der Waals surface area contributed by atoms with E-state index in [9.17, 15) is 0 Å². The molecule has 1 spiro atoms. The summed E-state index contributed by atoms with van der Waals surface area (Å²) < 4.78 is 0. The molecule has 0 saturated heterocycles. The first-order valence-electron chi connectivity index (χ1n) is 25.7. The Morgan fingerprint density at radius 1 is 0.707 bits per heavy atom. The van der Waals surface area contributed by atoms with Gasteiger partial charge in [0.25, 0.3) is 0 Å². The molecule has 0 fully saturated rings. The number of fused-ring (bicyclic) bond motifs is 7. The van der Waals surface area contributed by atoms with E-state index in [1.807, 2.05) is 12.2 Å². The van der Waals surface area contributed by atoms with Crippen molar-refractivity contribution in [3.05, 3.63) is 303 Å². The number of hydrogen-bond donors (Lipinski definition) is 1. The molecule has 75 heavy (non-hydrogen) atoms. The van der Waals surface area contributed by atoms with Crippen molar-refractivity contribution in [2.45, 2.75) is 60.4 Å². The quantitative estimate of drug-likeness (QED) is 0.111. The minimum absolute atomic E-state index is 0. The van der Waals surface area contributed by atoms with Gasteiger partial charge >= 0.3 is 0 Å². The molecule has 2 aliphatic heterocycles. The summed E-state index contributed by atoms with van der Waals surface area (Å²) in [5.41, 5.74) is 26.7. The standard InChI is InChI=1S/C61H56N4.C8H10.2CH4/c1-6-17-45(59-23-12-14-38-63(59)4)18-16-37-62-49-30-35-55-47(41-49)26-27-48-42-52(34-36-56(48)61(55)57-21-9-7-8-19-53(57)54-20-10-11-22-58(54)61)65(51-31-25-43(2)44(3)40-51)50-32-28-46(29-33-50)60-24-13-15-39-64(60)5;1-7-5-3-4-6-8(7)2;;/h6-8,10-36,40,42,49,62H,1,37-39,41H2,2-5H3;3-6H,1-2H3;2*1H4/b18-16-,45-17+;;;. The van der Waals surface area contributed by atoms with Gasteiger partial charge in [-0.1, -0.05) is 179 Å². The van der Waals surface area contributed by atoms with Gasteiger partial charge in [-0.25, -0.2) is 0 Å². The number of allylic oxidation sites excluding steroid dienone is 15. The Bertz CT molecular complexity index is 3380. The first kappa shape index (κ1) is 53.2. The fraction of sp³-hybridized carbons (Fsp3) is 0.197. The Labute approximate surface area is 449 Å². The van der Waals surface area contributed by atoms with E-state index in [4.69, 9.17) is 0 Å². The average molecular weight is 983 g/mol. The molecule has 4 nitrogen and oxygen atoms in total. The van der Waals surface area contributed by atoms with Gasteiger partial charge in [0.15, 0.2) is 0 Å². The first-order valence-corrected chi connectivity index (χ1v) is 25.7. The second-order valence-electron chi connectivity index (χ2n) is 19.8. The Hall–Kier alpha value is -8.14. The van der Waals surface area contributed by atoms with Crippen molar-refractivity contribution in [3.8, 4) is 0 Å². The maximum absolute atomic E-state index is 3.99. The van der Waals surface area contributed by atoms with Crippen molar-refractivity contribution in [1.29, 1.82) is 0 Å². The number of nitrogens with one attached hydrogen (secondary N) is 1. The number of rotatable bonds is 10. The third kappa shape index (κ3) is 10.5. The topological polar surface area (TPSA) is 21.8 Å². The highest BCUT2D eigenvalue weighted by molar-refractivity contribution is 5.95. The van der Waals surface area contributed by atoms with Gasteiger partial charge in [0.05, 0.1) is 5.41 Å². The zero-order valence-electron chi connectivity index (χ0n) is 43.2. The van der Waals surface area contributed by atoms with E-state index in [0.717, 1.165) is 48.7 Å². The maximum atomic E-state index is 3.99. The van der Waals surface area contributed by atoms with Crippen LogP contribution in [0.2, 0.25) is 0 Å². The third-order valence-corrected chi connectivity index (χ3v) is 15.2. The van der Waals surface area contributed by atoms with Gasteiger partial charge in [-0.15, -0.1) is 5.73 Å². The van der Waals surface area contributed by atoms with Crippen LogP contribution in [-0.2, 0) is 5.41 Å². The van der Waals surface area contributed by atoms with Gasteiger partial charge in [-0.2, -0.15) is 0 Å². The largest absolute Gasteiger partial charge is 0.370 e. The van der Waals surface area contributed by atoms with E-state index in [-0.39, 0.29) is 20.9 Å². The van der Waals surface area contributed by atoms with Crippen molar-refractivity contribution in [3.63, 3.8) is 0 Å². The predicted octanol–water partition coefficient (Wildman–Crippen LogP) is 16.8. The molecule has 4 heteroatoms. The molecule has 0 radical (unpaired) electrons. The SMILES string of the molecule is C.C.C=C/C=C(\C=C/CNC1C=CC2=C(C=Cc3cc(N(c4ccc(C5=CC=CCN5C)cc4)c4ccc(C)c(C)c4)ccc3C23C2=C(C=CC=C=C2)c2ccccc23)C1)C1=CC=CCN1C.Cc1ccccc1C. The lowest BCUT2D eigenvalue weighted by Crippen LogP contribution is -2.35. The third-order valence-electron chi connectivity index (χ3n) is 15.2. The first-order chi connectivity index (χ1) is 35.6. The number of likely N-dealkylation sites (N-methyl/N-ethyl adjacent to an activating group) is 2. The van der Waals surface area contributed by atoms with E-state index >= 15 is 0 Å². The van der Waals surface area contributed by atoms with E-state index in [0.29, 0.717) is 0 Å². The summed E-state index contributed by atoms with van der Waals surface area (Å²) in [7, 11) is 4.29.